The Morgan fingerprint density at radius 1 is 1.17 bits per heavy atom. The smallest absolute Gasteiger partial charge is 0.166 e. The van der Waals surface area contributed by atoms with Crippen LogP contribution in [0.3, 0.4) is 0 Å². The Hall–Kier alpha value is -1.88. The van der Waals surface area contributed by atoms with Crippen molar-refractivity contribution in [2.24, 2.45) is 0 Å². The third-order valence-electron chi connectivity index (χ3n) is 4.03. The molecular weight excluding hydrogens is 302 g/mol. The van der Waals surface area contributed by atoms with Gasteiger partial charge in [0.2, 0.25) is 0 Å². The maximum atomic E-state index is 12.2. The lowest BCUT2D eigenvalue weighted by Gasteiger charge is -2.20. The Morgan fingerprint density at radius 3 is 2.58 bits per heavy atom. The summed E-state index contributed by atoms with van der Waals surface area (Å²) in [6.07, 6.45) is 7.21. The first-order valence-corrected chi connectivity index (χ1v) is 9.05. The van der Waals surface area contributed by atoms with Crippen molar-refractivity contribution < 1.29 is 9.53 Å². The van der Waals surface area contributed by atoms with Gasteiger partial charge in [-0.3, -0.25) is 9.69 Å². The largest absolute Gasteiger partial charge is 0.492 e. The van der Waals surface area contributed by atoms with Crippen molar-refractivity contribution in [1.29, 1.82) is 0 Å². The summed E-state index contributed by atoms with van der Waals surface area (Å²) in [5.41, 5.74) is 1.51. The maximum absolute atomic E-state index is 12.2. The highest BCUT2D eigenvalue weighted by molar-refractivity contribution is 6.02. The van der Waals surface area contributed by atoms with E-state index >= 15 is 0 Å². The van der Waals surface area contributed by atoms with E-state index in [-0.39, 0.29) is 5.78 Å². The lowest BCUT2D eigenvalue weighted by atomic mass is 10.1. The molecule has 2 aromatic rings. The number of carbonyl (C=O) groups excluding carboxylic acids is 1. The third kappa shape index (κ3) is 4.81. The van der Waals surface area contributed by atoms with E-state index in [1.165, 1.54) is 0 Å². The van der Waals surface area contributed by atoms with Gasteiger partial charge in [-0.1, -0.05) is 20.8 Å². The van der Waals surface area contributed by atoms with Crippen LogP contribution in [-0.2, 0) is 0 Å². The van der Waals surface area contributed by atoms with Gasteiger partial charge in [0.15, 0.2) is 5.78 Å². The summed E-state index contributed by atoms with van der Waals surface area (Å²) in [4.78, 5) is 14.6. The van der Waals surface area contributed by atoms with Crippen molar-refractivity contribution in [2.75, 3.05) is 26.2 Å². The van der Waals surface area contributed by atoms with Crippen LogP contribution in [0.15, 0.2) is 24.5 Å². The molecule has 0 saturated heterocycles. The second-order valence-corrected chi connectivity index (χ2v) is 6.11. The molecule has 132 valence electrons. The van der Waals surface area contributed by atoms with Gasteiger partial charge in [-0.2, -0.15) is 5.10 Å². The molecule has 0 unspecified atom stereocenters. The van der Waals surface area contributed by atoms with Crippen molar-refractivity contribution in [3.63, 3.8) is 0 Å². The Labute approximate surface area is 144 Å². The van der Waals surface area contributed by atoms with E-state index in [0.29, 0.717) is 18.6 Å². The van der Waals surface area contributed by atoms with Gasteiger partial charge in [-0.05, 0) is 38.4 Å². The number of ether oxygens (including phenoxy) is 1. The molecule has 0 atom stereocenters. The quantitative estimate of drug-likeness (QED) is 0.587. The van der Waals surface area contributed by atoms with Gasteiger partial charge in [-0.25, -0.2) is 4.52 Å². The Balaban J connectivity index is 2.02. The standard InChI is InChI=1S/C19H29N3O2/c1-4-7-19(23)17-15-20-22-11-8-16(14-18(17)22)24-13-12-21(9-5-2)10-6-3/h8,11,14-15H,4-7,9-10,12-13H2,1-3H3. The van der Waals surface area contributed by atoms with Crippen LogP contribution in [0, 0.1) is 0 Å². The Bertz CT molecular complexity index is 645. The van der Waals surface area contributed by atoms with Crippen LogP contribution in [0.1, 0.15) is 56.8 Å². The summed E-state index contributed by atoms with van der Waals surface area (Å²) in [5, 5.41) is 4.25. The van der Waals surface area contributed by atoms with E-state index in [1.807, 2.05) is 25.3 Å². The van der Waals surface area contributed by atoms with Gasteiger partial charge in [-0.15, -0.1) is 0 Å². The van der Waals surface area contributed by atoms with Gasteiger partial charge in [0.1, 0.15) is 12.4 Å². The molecule has 0 aromatic carbocycles. The van der Waals surface area contributed by atoms with Crippen molar-refractivity contribution in [3.05, 3.63) is 30.1 Å². The molecule has 0 amide bonds. The van der Waals surface area contributed by atoms with Crippen LogP contribution >= 0.6 is 0 Å². The number of Topliss-reactive ketones (excluding diaryl/α,β-unsaturated/α-hetero) is 1. The average Bonchev–Trinajstić information content (AvgIpc) is 2.99. The zero-order chi connectivity index (χ0) is 17.4. The molecule has 5 heteroatoms. The number of hydrogen-bond acceptors (Lipinski definition) is 4. The Kier molecular flexibility index (Phi) is 7.25. The molecule has 0 N–H and O–H groups in total. The Morgan fingerprint density at radius 2 is 1.92 bits per heavy atom. The molecule has 2 rings (SSSR count). The summed E-state index contributed by atoms with van der Waals surface area (Å²) < 4.78 is 7.64. The van der Waals surface area contributed by atoms with Crippen LogP contribution in [0.2, 0.25) is 0 Å². The summed E-state index contributed by atoms with van der Waals surface area (Å²) in [6.45, 7) is 10.2. The summed E-state index contributed by atoms with van der Waals surface area (Å²) in [7, 11) is 0. The molecule has 0 spiro atoms. The van der Waals surface area contributed by atoms with E-state index in [2.05, 4.69) is 23.8 Å². The lowest BCUT2D eigenvalue weighted by Crippen LogP contribution is -2.30. The molecule has 0 saturated carbocycles. The molecule has 2 aromatic heterocycles. The first-order valence-electron chi connectivity index (χ1n) is 9.05. The number of hydrogen-bond donors (Lipinski definition) is 0. The summed E-state index contributed by atoms with van der Waals surface area (Å²) in [5.74, 6) is 0.934. The van der Waals surface area contributed by atoms with E-state index in [9.17, 15) is 4.79 Å². The molecule has 24 heavy (non-hydrogen) atoms. The van der Waals surface area contributed by atoms with Crippen LogP contribution in [-0.4, -0.2) is 46.5 Å². The molecule has 0 bridgehead atoms. The SMILES string of the molecule is CCCC(=O)c1cnn2ccc(OCCN(CCC)CCC)cc12. The minimum absolute atomic E-state index is 0.140. The maximum Gasteiger partial charge on any atom is 0.166 e. The van der Waals surface area contributed by atoms with Crippen LogP contribution < -0.4 is 4.74 Å². The van der Waals surface area contributed by atoms with Gasteiger partial charge < -0.3 is 4.74 Å². The molecular formula is C19H29N3O2. The zero-order valence-corrected chi connectivity index (χ0v) is 15.1. The number of aromatic nitrogens is 2. The van der Waals surface area contributed by atoms with Crippen molar-refractivity contribution in [2.45, 2.75) is 46.5 Å². The highest BCUT2D eigenvalue weighted by atomic mass is 16.5. The fourth-order valence-electron chi connectivity index (χ4n) is 2.89. The second kappa shape index (κ2) is 9.42. The molecule has 0 radical (unpaired) electrons. The highest BCUT2D eigenvalue weighted by Crippen LogP contribution is 2.19. The van der Waals surface area contributed by atoms with Gasteiger partial charge in [0.05, 0.1) is 17.3 Å². The number of fused-ring (bicyclic) bond motifs is 1. The van der Waals surface area contributed by atoms with Gasteiger partial charge in [0, 0.05) is 25.2 Å². The van der Waals surface area contributed by atoms with E-state index < -0.39 is 0 Å². The predicted octanol–water partition coefficient (Wildman–Crippen LogP) is 3.82. The molecule has 2 heterocycles. The first-order chi connectivity index (χ1) is 11.7. The van der Waals surface area contributed by atoms with Crippen molar-refractivity contribution in [3.8, 4) is 5.75 Å². The van der Waals surface area contributed by atoms with Crippen molar-refractivity contribution >= 4 is 11.3 Å². The van der Waals surface area contributed by atoms with Crippen molar-refractivity contribution in [1.82, 2.24) is 14.5 Å². The van der Waals surface area contributed by atoms with Crippen LogP contribution in [0.25, 0.3) is 5.52 Å². The molecule has 0 aliphatic rings. The lowest BCUT2D eigenvalue weighted by molar-refractivity contribution is 0.0983. The fraction of sp³-hybridized carbons (Fsp3) is 0.579. The minimum Gasteiger partial charge on any atom is -0.492 e. The van der Waals surface area contributed by atoms with Crippen LogP contribution in [0.4, 0.5) is 0 Å². The predicted molar refractivity (Wildman–Crippen MR) is 96.9 cm³/mol. The number of carbonyl (C=O) groups is 1. The number of pyridine rings is 1. The average molecular weight is 331 g/mol. The fourth-order valence-corrected chi connectivity index (χ4v) is 2.89. The highest BCUT2D eigenvalue weighted by Gasteiger charge is 2.12. The van der Waals surface area contributed by atoms with Gasteiger partial charge in [0.25, 0.3) is 0 Å². The summed E-state index contributed by atoms with van der Waals surface area (Å²) in [6, 6.07) is 3.82. The van der Waals surface area contributed by atoms with Crippen LogP contribution in [0.5, 0.6) is 5.75 Å². The number of nitrogens with zero attached hydrogens (tertiary/aromatic N) is 3. The van der Waals surface area contributed by atoms with E-state index in [4.69, 9.17) is 4.74 Å². The zero-order valence-electron chi connectivity index (χ0n) is 15.1. The van der Waals surface area contributed by atoms with E-state index in [1.54, 1.807) is 10.7 Å². The molecule has 0 aliphatic carbocycles. The van der Waals surface area contributed by atoms with Gasteiger partial charge >= 0.3 is 0 Å². The summed E-state index contributed by atoms with van der Waals surface area (Å²) >= 11 is 0. The number of rotatable bonds is 11. The monoisotopic (exact) mass is 331 g/mol. The second-order valence-electron chi connectivity index (χ2n) is 6.11. The molecule has 5 nitrogen and oxygen atoms in total. The molecule has 0 fully saturated rings. The topological polar surface area (TPSA) is 46.8 Å². The molecule has 0 aliphatic heterocycles. The number of ketones is 1. The first kappa shape index (κ1) is 18.5. The normalized spacial score (nSPS) is 11.3. The van der Waals surface area contributed by atoms with E-state index in [0.717, 1.165) is 50.2 Å². The minimum atomic E-state index is 0.140. The third-order valence-corrected chi connectivity index (χ3v) is 4.03.